The van der Waals surface area contributed by atoms with Crippen LogP contribution in [-0.4, -0.2) is 47.7 Å². The number of rotatable bonds is 10. The highest BCUT2D eigenvalue weighted by molar-refractivity contribution is 9.10. The fraction of sp³-hybridized carbons (Fsp3) is 0.316. The highest BCUT2D eigenvalue weighted by Gasteiger charge is 2.18. The van der Waals surface area contributed by atoms with Crippen molar-refractivity contribution in [3.8, 4) is 5.75 Å². The molecule has 0 saturated heterocycles. The maximum atomic E-state index is 12.4. The fourth-order valence-electron chi connectivity index (χ4n) is 2.34. The molecule has 0 aliphatic rings. The van der Waals surface area contributed by atoms with Crippen molar-refractivity contribution < 1.29 is 22.7 Å². The highest BCUT2D eigenvalue weighted by Crippen LogP contribution is 2.21. The van der Waals surface area contributed by atoms with E-state index in [2.05, 4.69) is 26.0 Å². The maximum Gasteiger partial charge on any atom is 0.252 e. The first-order chi connectivity index (χ1) is 13.3. The number of hydrogen-bond acceptors (Lipinski definition) is 5. The van der Waals surface area contributed by atoms with Gasteiger partial charge < -0.3 is 14.8 Å². The molecule has 1 amide bonds. The third kappa shape index (κ3) is 6.59. The first kappa shape index (κ1) is 22.4. The predicted octanol–water partition coefficient (Wildman–Crippen LogP) is 2.49. The maximum absolute atomic E-state index is 12.4. The van der Waals surface area contributed by atoms with Crippen LogP contribution in [0.25, 0.3) is 0 Å². The van der Waals surface area contributed by atoms with Crippen LogP contribution in [-0.2, 0) is 14.8 Å². The van der Waals surface area contributed by atoms with Gasteiger partial charge in [-0.25, -0.2) is 13.1 Å². The molecule has 0 bridgehead atoms. The van der Waals surface area contributed by atoms with Crippen LogP contribution in [0.1, 0.15) is 15.9 Å². The van der Waals surface area contributed by atoms with Crippen molar-refractivity contribution in [1.82, 2.24) is 10.0 Å². The SMILES string of the molecule is COCCNS(=O)(=O)c1ccc(Br)c(C(=O)NCCOc2cccc(C)c2)c1. The molecule has 0 radical (unpaired) electrons. The average molecular weight is 471 g/mol. The van der Waals surface area contributed by atoms with Gasteiger partial charge in [0.2, 0.25) is 10.0 Å². The smallest absolute Gasteiger partial charge is 0.252 e. The highest BCUT2D eigenvalue weighted by atomic mass is 79.9. The number of benzene rings is 2. The number of sulfonamides is 1. The van der Waals surface area contributed by atoms with Crippen LogP contribution in [0.2, 0.25) is 0 Å². The van der Waals surface area contributed by atoms with Gasteiger partial charge in [-0.05, 0) is 58.7 Å². The predicted molar refractivity (Wildman–Crippen MR) is 110 cm³/mol. The number of nitrogens with one attached hydrogen (secondary N) is 2. The van der Waals surface area contributed by atoms with Crippen molar-refractivity contribution >= 4 is 31.9 Å². The quantitative estimate of drug-likeness (QED) is 0.520. The Kier molecular flexibility index (Phi) is 8.43. The van der Waals surface area contributed by atoms with Crippen LogP contribution < -0.4 is 14.8 Å². The van der Waals surface area contributed by atoms with Crippen LogP contribution in [0.15, 0.2) is 51.8 Å². The zero-order valence-corrected chi connectivity index (χ0v) is 18.1. The molecule has 0 fully saturated rings. The van der Waals surface area contributed by atoms with Gasteiger partial charge in [-0.15, -0.1) is 0 Å². The average Bonchev–Trinajstić information content (AvgIpc) is 2.65. The third-order valence-electron chi connectivity index (χ3n) is 3.74. The lowest BCUT2D eigenvalue weighted by Gasteiger charge is -2.11. The van der Waals surface area contributed by atoms with Crippen LogP contribution in [0.5, 0.6) is 5.75 Å². The number of methoxy groups -OCH3 is 1. The van der Waals surface area contributed by atoms with Gasteiger partial charge in [0.15, 0.2) is 0 Å². The van der Waals surface area contributed by atoms with E-state index in [-0.39, 0.29) is 30.2 Å². The van der Waals surface area contributed by atoms with E-state index in [0.717, 1.165) is 11.3 Å². The summed E-state index contributed by atoms with van der Waals surface area (Å²) < 4.78 is 38.0. The zero-order chi connectivity index (χ0) is 20.6. The van der Waals surface area contributed by atoms with Crippen molar-refractivity contribution in [3.05, 3.63) is 58.1 Å². The van der Waals surface area contributed by atoms with Gasteiger partial charge in [-0.2, -0.15) is 0 Å². The van der Waals surface area contributed by atoms with Crippen LogP contribution in [0.3, 0.4) is 0 Å². The Morgan fingerprint density at radius 3 is 2.61 bits per heavy atom. The summed E-state index contributed by atoms with van der Waals surface area (Å²) in [4.78, 5) is 12.4. The van der Waals surface area contributed by atoms with E-state index in [1.807, 2.05) is 31.2 Å². The largest absolute Gasteiger partial charge is 0.492 e. The molecule has 9 heteroatoms. The summed E-state index contributed by atoms with van der Waals surface area (Å²) in [5.74, 6) is 0.333. The molecule has 2 aromatic carbocycles. The van der Waals surface area contributed by atoms with Gasteiger partial charge in [0, 0.05) is 18.1 Å². The second kappa shape index (κ2) is 10.6. The lowest BCUT2D eigenvalue weighted by molar-refractivity contribution is 0.0946. The van der Waals surface area contributed by atoms with E-state index in [1.54, 1.807) is 0 Å². The summed E-state index contributed by atoms with van der Waals surface area (Å²) in [6, 6.07) is 11.9. The second-order valence-corrected chi connectivity index (χ2v) is 8.57. The first-order valence-corrected chi connectivity index (χ1v) is 10.9. The molecule has 152 valence electrons. The van der Waals surface area contributed by atoms with Gasteiger partial charge >= 0.3 is 0 Å². The summed E-state index contributed by atoms with van der Waals surface area (Å²) in [6.45, 7) is 2.94. The van der Waals surface area contributed by atoms with Gasteiger partial charge in [0.1, 0.15) is 12.4 Å². The first-order valence-electron chi connectivity index (χ1n) is 8.59. The van der Waals surface area contributed by atoms with E-state index in [1.165, 1.54) is 25.3 Å². The Labute approximate surface area is 173 Å². The number of hydrogen-bond donors (Lipinski definition) is 2. The van der Waals surface area contributed by atoms with Gasteiger partial charge in [-0.1, -0.05) is 12.1 Å². The fourth-order valence-corrected chi connectivity index (χ4v) is 3.81. The van der Waals surface area contributed by atoms with Gasteiger partial charge in [0.25, 0.3) is 5.91 Å². The molecule has 0 aliphatic heterocycles. The monoisotopic (exact) mass is 470 g/mol. The van der Waals surface area contributed by atoms with Crippen molar-refractivity contribution in [1.29, 1.82) is 0 Å². The molecule has 2 rings (SSSR count). The van der Waals surface area contributed by atoms with Crippen molar-refractivity contribution in [2.24, 2.45) is 0 Å². The van der Waals surface area contributed by atoms with Crippen LogP contribution >= 0.6 is 15.9 Å². The molecule has 7 nitrogen and oxygen atoms in total. The number of carbonyl (C=O) groups excluding carboxylic acids is 1. The van der Waals surface area contributed by atoms with Crippen LogP contribution in [0, 0.1) is 6.92 Å². The summed E-state index contributed by atoms with van der Waals surface area (Å²) in [5.41, 5.74) is 1.31. The van der Waals surface area contributed by atoms with Crippen LogP contribution in [0.4, 0.5) is 0 Å². The number of aryl methyl sites for hydroxylation is 1. The van der Waals surface area contributed by atoms with E-state index in [4.69, 9.17) is 9.47 Å². The van der Waals surface area contributed by atoms with E-state index in [0.29, 0.717) is 11.1 Å². The minimum absolute atomic E-state index is 0.00737. The molecule has 0 unspecified atom stereocenters. The number of amides is 1. The summed E-state index contributed by atoms with van der Waals surface area (Å²) >= 11 is 3.29. The molecule has 0 saturated carbocycles. The number of halogens is 1. The van der Waals surface area contributed by atoms with E-state index in [9.17, 15) is 13.2 Å². The Balaban J connectivity index is 1.96. The molecule has 28 heavy (non-hydrogen) atoms. The molecule has 0 atom stereocenters. The Bertz CT molecular complexity index is 918. The molecule has 0 spiro atoms. The van der Waals surface area contributed by atoms with E-state index >= 15 is 0 Å². The molecule has 2 aromatic rings. The zero-order valence-electron chi connectivity index (χ0n) is 15.7. The minimum Gasteiger partial charge on any atom is -0.492 e. The Hall–Kier alpha value is -1.94. The standard InChI is InChI=1S/C19H23BrN2O5S/c1-14-4-3-5-15(12-14)27-11-8-21-19(23)17-13-16(6-7-18(17)20)28(24,25)22-9-10-26-2/h3-7,12-13,22H,8-11H2,1-2H3,(H,21,23). The Morgan fingerprint density at radius 1 is 1.11 bits per heavy atom. The Morgan fingerprint density at radius 2 is 1.89 bits per heavy atom. The third-order valence-corrected chi connectivity index (χ3v) is 5.89. The lowest BCUT2D eigenvalue weighted by Crippen LogP contribution is -2.30. The summed E-state index contributed by atoms with van der Waals surface area (Å²) in [5, 5.41) is 2.73. The molecular formula is C19H23BrN2O5S. The summed E-state index contributed by atoms with van der Waals surface area (Å²) in [7, 11) is -2.24. The van der Waals surface area contributed by atoms with Crippen molar-refractivity contribution in [2.75, 3.05) is 33.4 Å². The minimum atomic E-state index is -3.73. The van der Waals surface area contributed by atoms with Crippen molar-refractivity contribution in [2.45, 2.75) is 11.8 Å². The topological polar surface area (TPSA) is 93.7 Å². The van der Waals surface area contributed by atoms with E-state index < -0.39 is 15.9 Å². The normalized spacial score (nSPS) is 11.2. The number of carbonyl (C=O) groups is 1. The molecule has 0 aliphatic carbocycles. The van der Waals surface area contributed by atoms with Crippen molar-refractivity contribution in [3.63, 3.8) is 0 Å². The molecule has 2 N–H and O–H groups in total. The van der Waals surface area contributed by atoms with Gasteiger partial charge in [0.05, 0.1) is 23.6 Å². The van der Waals surface area contributed by atoms with Gasteiger partial charge in [-0.3, -0.25) is 4.79 Å². The summed E-state index contributed by atoms with van der Waals surface area (Å²) in [6.07, 6.45) is 0. The molecular weight excluding hydrogens is 448 g/mol. The lowest BCUT2D eigenvalue weighted by atomic mass is 10.2. The molecule has 0 aromatic heterocycles. The molecule has 0 heterocycles. The number of ether oxygens (including phenoxy) is 2. The second-order valence-electron chi connectivity index (χ2n) is 5.95.